The number of nitrogens with zero attached hydrogens (tertiary/aromatic N) is 1. The van der Waals surface area contributed by atoms with E-state index in [4.69, 9.17) is 5.11 Å². The van der Waals surface area contributed by atoms with E-state index >= 15 is 0 Å². The average Bonchev–Trinajstić information content (AvgIpc) is 2.53. The van der Waals surface area contributed by atoms with Crippen LogP contribution in [0.1, 0.15) is 42.6 Å². The van der Waals surface area contributed by atoms with Crippen molar-refractivity contribution >= 4 is 11.9 Å². The number of carbonyl (C=O) groups excluding carboxylic acids is 1. The Kier molecular flexibility index (Phi) is 5.34. The molecule has 5 heteroatoms. The van der Waals surface area contributed by atoms with Crippen LogP contribution >= 0.6 is 0 Å². The zero-order valence-corrected chi connectivity index (χ0v) is 14.2. The van der Waals surface area contributed by atoms with Gasteiger partial charge in [-0.25, -0.2) is 0 Å². The maximum Gasteiger partial charge on any atom is 0.303 e. The number of benzene rings is 1. The SMILES string of the molecule is Cc1ccc(-c2cncc(C(=O)NC(C)(C)CCC(=O)O)c2)cc1. The highest BCUT2D eigenvalue weighted by atomic mass is 16.4. The van der Waals surface area contributed by atoms with E-state index in [9.17, 15) is 9.59 Å². The third-order valence-electron chi connectivity index (χ3n) is 3.80. The zero-order chi connectivity index (χ0) is 17.7. The molecule has 0 unspecified atom stereocenters. The Morgan fingerprint density at radius 1 is 1.12 bits per heavy atom. The number of carboxylic acid groups (broad SMARTS) is 1. The number of aromatic nitrogens is 1. The highest BCUT2D eigenvalue weighted by molar-refractivity contribution is 5.95. The second-order valence-corrected chi connectivity index (χ2v) is 6.56. The Balaban J connectivity index is 2.14. The van der Waals surface area contributed by atoms with Crippen LogP contribution in [-0.4, -0.2) is 27.5 Å². The average molecular weight is 326 g/mol. The third kappa shape index (κ3) is 4.91. The third-order valence-corrected chi connectivity index (χ3v) is 3.80. The molecule has 2 rings (SSSR count). The summed E-state index contributed by atoms with van der Waals surface area (Å²) in [4.78, 5) is 27.3. The van der Waals surface area contributed by atoms with Crippen LogP contribution in [0.5, 0.6) is 0 Å². The monoisotopic (exact) mass is 326 g/mol. The van der Waals surface area contributed by atoms with Gasteiger partial charge in [0.1, 0.15) is 0 Å². The number of hydrogen-bond acceptors (Lipinski definition) is 3. The Morgan fingerprint density at radius 3 is 2.42 bits per heavy atom. The molecule has 0 radical (unpaired) electrons. The maximum absolute atomic E-state index is 12.4. The van der Waals surface area contributed by atoms with Crippen LogP contribution in [0.15, 0.2) is 42.7 Å². The molecular weight excluding hydrogens is 304 g/mol. The van der Waals surface area contributed by atoms with Crippen molar-refractivity contribution in [1.29, 1.82) is 0 Å². The molecule has 24 heavy (non-hydrogen) atoms. The largest absolute Gasteiger partial charge is 0.481 e. The Hall–Kier alpha value is -2.69. The summed E-state index contributed by atoms with van der Waals surface area (Å²) in [7, 11) is 0. The van der Waals surface area contributed by atoms with E-state index in [1.54, 1.807) is 12.3 Å². The van der Waals surface area contributed by atoms with Crippen LogP contribution in [-0.2, 0) is 4.79 Å². The van der Waals surface area contributed by atoms with Gasteiger partial charge in [-0.1, -0.05) is 29.8 Å². The van der Waals surface area contributed by atoms with Gasteiger partial charge < -0.3 is 10.4 Å². The van der Waals surface area contributed by atoms with Crippen LogP contribution < -0.4 is 5.32 Å². The fourth-order valence-corrected chi connectivity index (χ4v) is 2.33. The quantitative estimate of drug-likeness (QED) is 0.852. The van der Waals surface area contributed by atoms with Crippen LogP contribution in [0, 0.1) is 6.92 Å². The molecule has 0 aliphatic carbocycles. The van der Waals surface area contributed by atoms with E-state index < -0.39 is 11.5 Å². The molecule has 0 spiro atoms. The molecular formula is C19H22N2O3. The minimum Gasteiger partial charge on any atom is -0.481 e. The molecule has 1 amide bonds. The van der Waals surface area contributed by atoms with Gasteiger partial charge in [-0.3, -0.25) is 14.6 Å². The van der Waals surface area contributed by atoms with Crippen molar-refractivity contribution in [2.45, 2.75) is 39.2 Å². The fraction of sp³-hybridized carbons (Fsp3) is 0.316. The lowest BCUT2D eigenvalue weighted by molar-refractivity contribution is -0.137. The summed E-state index contributed by atoms with van der Waals surface area (Å²) in [5.41, 5.74) is 2.88. The Morgan fingerprint density at radius 2 is 1.79 bits per heavy atom. The molecule has 1 heterocycles. The topological polar surface area (TPSA) is 79.3 Å². The summed E-state index contributed by atoms with van der Waals surface area (Å²) in [5, 5.41) is 11.7. The molecule has 0 bridgehead atoms. The molecule has 0 aliphatic rings. The first-order chi connectivity index (χ1) is 11.3. The number of aliphatic carboxylic acids is 1. The molecule has 126 valence electrons. The highest BCUT2D eigenvalue weighted by Gasteiger charge is 2.22. The number of pyridine rings is 1. The molecule has 0 fully saturated rings. The standard InChI is InChI=1S/C19H22N2O3/c1-13-4-6-14(7-5-13)15-10-16(12-20-11-15)18(24)21-19(2,3)9-8-17(22)23/h4-7,10-12H,8-9H2,1-3H3,(H,21,24)(H,22,23). The fourth-order valence-electron chi connectivity index (χ4n) is 2.33. The molecule has 0 aliphatic heterocycles. The van der Waals surface area contributed by atoms with E-state index in [1.807, 2.05) is 45.0 Å². The first kappa shape index (κ1) is 17.7. The van der Waals surface area contributed by atoms with E-state index in [0.717, 1.165) is 11.1 Å². The van der Waals surface area contributed by atoms with Crippen molar-refractivity contribution in [2.24, 2.45) is 0 Å². The van der Waals surface area contributed by atoms with Crippen molar-refractivity contribution in [3.63, 3.8) is 0 Å². The molecule has 1 aromatic heterocycles. The maximum atomic E-state index is 12.4. The highest BCUT2D eigenvalue weighted by Crippen LogP contribution is 2.20. The van der Waals surface area contributed by atoms with Gasteiger partial charge in [0.25, 0.3) is 5.91 Å². The summed E-state index contributed by atoms with van der Waals surface area (Å²) in [5.74, 6) is -1.13. The van der Waals surface area contributed by atoms with Gasteiger partial charge in [0.2, 0.25) is 0 Å². The second-order valence-electron chi connectivity index (χ2n) is 6.56. The first-order valence-corrected chi connectivity index (χ1v) is 7.83. The number of carboxylic acids is 1. The van der Waals surface area contributed by atoms with Gasteiger partial charge in [0.05, 0.1) is 5.56 Å². The molecule has 2 aromatic rings. The van der Waals surface area contributed by atoms with Crippen LogP contribution in [0.4, 0.5) is 0 Å². The van der Waals surface area contributed by atoms with Gasteiger partial charge in [-0.05, 0) is 38.8 Å². The number of hydrogen-bond donors (Lipinski definition) is 2. The first-order valence-electron chi connectivity index (χ1n) is 7.83. The minimum atomic E-state index is -0.875. The number of rotatable bonds is 6. The normalized spacial score (nSPS) is 11.1. The lowest BCUT2D eigenvalue weighted by Crippen LogP contribution is -2.43. The van der Waals surface area contributed by atoms with Gasteiger partial charge in [0.15, 0.2) is 0 Å². The smallest absolute Gasteiger partial charge is 0.303 e. The Labute approximate surface area is 141 Å². The van der Waals surface area contributed by atoms with E-state index in [-0.39, 0.29) is 12.3 Å². The minimum absolute atomic E-state index is 0.00887. The summed E-state index contributed by atoms with van der Waals surface area (Å²) < 4.78 is 0. The molecule has 0 saturated heterocycles. The number of carbonyl (C=O) groups is 2. The van der Waals surface area contributed by atoms with E-state index in [0.29, 0.717) is 12.0 Å². The summed E-state index contributed by atoms with van der Waals surface area (Å²) in [6.45, 7) is 5.64. The van der Waals surface area contributed by atoms with Gasteiger partial charge >= 0.3 is 5.97 Å². The van der Waals surface area contributed by atoms with Crippen LogP contribution in [0.2, 0.25) is 0 Å². The predicted molar refractivity (Wildman–Crippen MR) is 92.8 cm³/mol. The van der Waals surface area contributed by atoms with Gasteiger partial charge in [-0.2, -0.15) is 0 Å². The summed E-state index contributed by atoms with van der Waals surface area (Å²) >= 11 is 0. The van der Waals surface area contributed by atoms with E-state index in [1.165, 1.54) is 11.8 Å². The van der Waals surface area contributed by atoms with Gasteiger partial charge in [-0.15, -0.1) is 0 Å². The zero-order valence-electron chi connectivity index (χ0n) is 14.2. The van der Waals surface area contributed by atoms with Crippen molar-refractivity contribution in [3.05, 3.63) is 53.9 Å². The lowest BCUT2D eigenvalue weighted by atomic mass is 9.97. The predicted octanol–water partition coefficient (Wildman–Crippen LogP) is 3.43. The Bertz CT molecular complexity index is 737. The molecule has 0 saturated carbocycles. The molecule has 1 aromatic carbocycles. The second kappa shape index (κ2) is 7.25. The number of nitrogens with one attached hydrogen (secondary N) is 1. The van der Waals surface area contributed by atoms with Crippen molar-refractivity contribution in [3.8, 4) is 11.1 Å². The number of amides is 1. The van der Waals surface area contributed by atoms with E-state index in [2.05, 4.69) is 10.3 Å². The van der Waals surface area contributed by atoms with Gasteiger partial charge in [0, 0.05) is 29.9 Å². The van der Waals surface area contributed by atoms with Crippen LogP contribution in [0.3, 0.4) is 0 Å². The summed E-state index contributed by atoms with van der Waals surface area (Å²) in [6.07, 6.45) is 3.60. The van der Waals surface area contributed by atoms with Crippen molar-refractivity contribution in [2.75, 3.05) is 0 Å². The molecule has 0 atom stereocenters. The van der Waals surface area contributed by atoms with Crippen molar-refractivity contribution < 1.29 is 14.7 Å². The molecule has 2 N–H and O–H groups in total. The summed E-state index contributed by atoms with van der Waals surface area (Å²) in [6, 6.07) is 9.80. The molecule has 5 nitrogen and oxygen atoms in total. The lowest BCUT2D eigenvalue weighted by Gasteiger charge is -2.25. The number of aryl methyl sites for hydroxylation is 1. The van der Waals surface area contributed by atoms with Crippen LogP contribution in [0.25, 0.3) is 11.1 Å². The van der Waals surface area contributed by atoms with Crippen molar-refractivity contribution in [1.82, 2.24) is 10.3 Å².